The topological polar surface area (TPSA) is 110 Å². The highest BCUT2D eigenvalue weighted by molar-refractivity contribution is 5.98. The minimum Gasteiger partial charge on any atom is -0.396 e. The molecule has 0 aliphatic carbocycles. The average Bonchev–Trinajstić information content (AvgIpc) is 2.34. The van der Waals surface area contributed by atoms with E-state index in [0.717, 1.165) is 0 Å². The number of rotatable bonds is 4. The number of carbonyl (C=O) groups excluding carboxylic acids is 2. The minimum absolute atomic E-state index is 0.0846. The van der Waals surface area contributed by atoms with Crippen molar-refractivity contribution in [3.63, 3.8) is 0 Å². The van der Waals surface area contributed by atoms with Crippen LogP contribution in [0.2, 0.25) is 0 Å². The van der Waals surface area contributed by atoms with E-state index in [1.54, 1.807) is 0 Å². The molecule has 1 heterocycles. The van der Waals surface area contributed by atoms with Crippen molar-refractivity contribution in [2.45, 2.75) is 46.1 Å². The van der Waals surface area contributed by atoms with Crippen LogP contribution < -0.4 is 16.4 Å². The standard InChI is InChI=1S/C14H23N5O2/c1-8(2)12-16-6-9(15)11(18-12)13(21)17-7-10(20)19-14(3,4)5/h6,8H,7,15H2,1-5H3,(H,17,21)(H,19,20). The van der Waals surface area contributed by atoms with Gasteiger partial charge in [0.25, 0.3) is 5.91 Å². The summed E-state index contributed by atoms with van der Waals surface area (Å²) in [6.07, 6.45) is 1.41. The fourth-order valence-corrected chi connectivity index (χ4v) is 1.57. The van der Waals surface area contributed by atoms with Crippen molar-refractivity contribution in [3.8, 4) is 0 Å². The monoisotopic (exact) mass is 293 g/mol. The van der Waals surface area contributed by atoms with Gasteiger partial charge in [-0.25, -0.2) is 9.97 Å². The average molecular weight is 293 g/mol. The van der Waals surface area contributed by atoms with E-state index in [9.17, 15) is 9.59 Å². The summed E-state index contributed by atoms with van der Waals surface area (Å²) in [5.74, 6) is -0.136. The summed E-state index contributed by atoms with van der Waals surface area (Å²) in [7, 11) is 0. The highest BCUT2D eigenvalue weighted by Crippen LogP contribution is 2.13. The quantitative estimate of drug-likeness (QED) is 0.761. The van der Waals surface area contributed by atoms with Gasteiger partial charge in [-0.15, -0.1) is 0 Å². The Balaban J connectivity index is 2.72. The largest absolute Gasteiger partial charge is 0.396 e. The molecule has 0 saturated carbocycles. The van der Waals surface area contributed by atoms with Crippen molar-refractivity contribution < 1.29 is 9.59 Å². The third-order valence-electron chi connectivity index (χ3n) is 2.49. The highest BCUT2D eigenvalue weighted by Gasteiger charge is 2.17. The fraction of sp³-hybridized carbons (Fsp3) is 0.571. The van der Waals surface area contributed by atoms with Crippen molar-refractivity contribution in [1.82, 2.24) is 20.6 Å². The van der Waals surface area contributed by atoms with Crippen LogP contribution in [0.1, 0.15) is 56.8 Å². The van der Waals surface area contributed by atoms with Crippen LogP contribution in [0.3, 0.4) is 0 Å². The van der Waals surface area contributed by atoms with Crippen molar-refractivity contribution in [1.29, 1.82) is 0 Å². The van der Waals surface area contributed by atoms with Crippen molar-refractivity contribution in [3.05, 3.63) is 17.7 Å². The summed E-state index contributed by atoms with van der Waals surface area (Å²) in [6, 6.07) is 0. The molecule has 4 N–H and O–H groups in total. The second-order valence-corrected chi connectivity index (χ2v) is 6.17. The number of nitrogens with zero attached hydrogens (tertiary/aromatic N) is 2. The molecule has 0 fully saturated rings. The lowest BCUT2D eigenvalue weighted by molar-refractivity contribution is -0.121. The molecule has 1 rings (SSSR count). The number of hydrogen-bond donors (Lipinski definition) is 3. The van der Waals surface area contributed by atoms with E-state index < -0.39 is 5.91 Å². The summed E-state index contributed by atoms with van der Waals surface area (Å²) in [5, 5.41) is 5.26. The Hall–Kier alpha value is -2.18. The van der Waals surface area contributed by atoms with Crippen LogP contribution in [0.5, 0.6) is 0 Å². The molecule has 0 aliphatic heterocycles. The van der Waals surface area contributed by atoms with Gasteiger partial charge in [0.1, 0.15) is 5.82 Å². The van der Waals surface area contributed by atoms with Crippen molar-refractivity contribution in [2.24, 2.45) is 0 Å². The third kappa shape index (κ3) is 5.37. The summed E-state index contributed by atoms with van der Waals surface area (Å²) in [6.45, 7) is 9.31. The summed E-state index contributed by atoms with van der Waals surface area (Å²) >= 11 is 0. The van der Waals surface area contributed by atoms with E-state index in [1.165, 1.54) is 6.20 Å². The molecular weight excluding hydrogens is 270 g/mol. The maximum Gasteiger partial charge on any atom is 0.272 e. The van der Waals surface area contributed by atoms with E-state index in [2.05, 4.69) is 20.6 Å². The lowest BCUT2D eigenvalue weighted by atomic mass is 10.1. The number of nitrogens with one attached hydrogen (secondary N) is 2. The van der Waals surface area contributed by atoms with Gasteiger partial charge in [0.05, 0.1) is 18.4 Å². The molecule has 7 heteroatoms. The third-order valence-corrected chi connectivity index (χ3v) is 2.49. The van der Waals surface area contributed by atoms with Crippen LogP contribution in [0.25, 0.3) is 0 Å². The van der Waals surface area contributed by atoms with E-state index in [-0.39, 0.29) is 35.3 Å². The molecule has 21 heavy (non-hydrogen) atoms. The van der Waals surface area contributed by atoms with Gasteiger partial charge in [0.2, 0.25) is 5.91 Å². The first-order chi connectivity index (χ1) is 9.60. The zero-order valence-corrected chi connectivity index (χ0v) is 13.2. The van der Waals surface area contributed by atoms with Gasteiger partial charge >= 0.3 is 0 Å². The second kappa shape index (κ2) is 6.51. The van der Waals surface area contributed by atoms with Crippen molar-refractivity contribution in [2.75, 3.05) is 12.3 Å². The molecule has 0 aliphatic rings. The van der Waals surface area contributed by atoms with Crippen LogP contribution in [0, 0.1) is 0 Å². The van der Waals surface area contributed by atoms with Crippen LogP contribution in [-0.4, -0.2) is 33.9 Å². The van der Waals surface area contributed by atoms with Gasteiger partial charge in [0.15, 0.2) is 5.69 Å². The molecule has 0 aromatic carbocycles. The first kappa shape index (κ1) is 16.9. The molecule has 1 aromatic heterocycles. The number of nitrogen functional groups attached to an aromatic ring is 1. The van der Waals surface area contributed by atoms with Crippen LogP contribution >= 0.6 is 0 Å². The Labute approximate surface area is 124 Å². The van der Waals surface area contributed by atoms with Crippen LogP contribution in [0.15, 0.2) is 6.20 Å². The molecule has 116 valence electrons. The molecule has 0 spiro atoms. The zero-order chi connectivity index (χ0) is 16.2. The van der Waals surface area contributed by atoms with E-state index in [4.69, 9.17) is 5.73 Å². The molecule has 1 aromatic rings. The second-order valence-electron chi connectivity index (χ2n) is 6.17. The molecule has 0 atom stereocenters. The number of aromatic nitrogens is 2. The highest BCUT2D eigenvalue weighted by atomic mass is 16.2. The molecule has 2 amide bonds. The van der Waals surface area contributed by atoms with E-state index in [0.29, 0.717) is 5.82 Å². The zero-order valence-electron chi connectivity index (χ0n) is 13.2. The number of amides is 2. The van der Waals surface area contributed by atoms with Gasteiger partial charge in [-0.2, -0.15) is 0 Å². The minimum atomic E-state index is -0.485. The Morgan fingerprint density at radius 3 is 2.48 bits per heavy atom. The number of hydrogen-bond acceptors (Lipinski definition) is 5. The fourth-order valence-electron chi connectivity index (χ4n) is 1.57. The number of carbonyl (C=O) groups is 2. The van der Waals surface area contributed by atoms with Gasteiger partial charge in [-0.05, 0) is 20.8 Å². The molecular formula is C14H23N5O2. The van der Waals surface area contributed by atoms with Gasteiger partial charge < -0.3 is 16.4 Å². The Morgan fingerprint density at radius 1 is 1.33 bits per heavy atom. The molecule has 0 saturated heterocycles. The summed E-state index contributed by atoms with van der Waals surface area (Å²) < 4.78 is 0. The molecule has 7 nitrogen and oxygen atoms in total. The van der Waals surface area contributed by atoms with Crippen LogP contribution in [-0.2, 0) is 4.79 Å². The molecule has 0 bridgehead atoms. The van der Waals surface area contributed by atoms with E-state index in [1.807, 2.05) is 34.6 Å². The van der Waals surface area contributed by atoms with E-state index >= 15 is 0 Å². The number of nitrogens with two attached hydrogens (primary N) is 1. The van der Waals surface area contributed by atoms with Crippen molar-refractivity contribution >= 4 is 17.5 Å². The van der Waals surface area contributed by atoms with Gasteiger partial charge in [0, 0.05) is 11.5 Å². The Morgan fingerprint density at radius 2 is 1.95 bits per heavy atom. The maximum absolute atomic E-state index is 12.0. The van der Waals surface area contributed by atoms with Crippen LogP contribution in [0.4, 0.5) is 5.69 Å². The Bertz CT molecular complexity index is 535. The normalized spacial score (nSPS) is 11.3. The first-order valence-corrected chi connectivity index (χ1v) is 6.82. The smallest absolute Gasteiger partial charge is 0.272 e. The lowest BCUT2D eigenvalue weighted by Gasteiger charge is -2.20. The number of anilines is 1. The lowest BCUT2D eigenvalue weighted by Crippen LogP contribution is -2.46. The molecule has 0 radical (unpaired) electrons. The predicted octanol–water partition coefficient (Wildman–Crippen LogP) is 0.827. The maximum atomic E-state index is 12.0. The predicted molar refractivity (Wildman–Crippen MR) is 80.8 cm³/mol. The first-order valence-electron chi connectivity index (χ1n) is 6.82. The summed E-state index contributed by atoms with van der Waals surface area (Å²) in [5.41, 5.74) is 5.65. The van der Waals surface area contributed by atoms with Gasteiger partial charge in [-0.1, -0.05) is 13.8 Å². The summed E-state index contributed by atoms with van der Waals surface area (Å²) in [4.78, 5) is 31.9. The SMILES string of the molecule is CC(C)c1ncc(N)c(C(=O)NCC(=O)NC(C)(C)C)n1. The van der Waals surface area contributed by atoms with Gasteiger partial charge in [-0.3, -0.25) is 9.59 Å². The molecule has 0 unspecified atom stereocenters. The Kier molecular flexibility index (Phi) is 5.23.